The second-order valence-corrected chi connectivity index (χ2v) is 5.83. The average molecular weight is 296 g/mol. The molecule has 0 unspecified atom stereocenters. The Labute approximate surface area is 132 Å². The van der Waals surface area contributed by atoms with E-state index in [2.05, 4.69) is 35.8 Å². The highest BCUT2D eigenvalue weighted by Gasteiger charge is 2.16. The Bertz CT molecular complexity index is 637. The van der Waals surface area contributed by atoms with Crippen LogP contribution in [-0.4, -0.2) is 11.9 Å². The molecule has 0 heterocycles. The monoisotopic (exact) mass is 296 g/mol. The first kappa shape index (κ1) is 16.2. The van der Waals surface area contributed by atoms with Gasteiger partial charge in [-0.3, -0.25) is 10.1 Å². The van der Waals surface area contributed by atoms with Crippen LogP contribution in [0, 0.1) is 13.8 Å². The molecule has 2 rings (SSSR count). The summed E-state index contributed by atoms with van der Waals surface area (Å²) in [5.41, 5.74) is 4.32. The highest BCUT2D eigenvalue weighted by molar-refractivity contribution is 5.95. The van der Waals surface area contributed by atoms with Gasteiger partial charge in [0.2, 0.25) is 5.91 Å². The number of aryl methyl sites for hydroxylation is 2. The van der Waals surface area contributed by atoms with Crippen molar-refractivity contribution >= 4 is 11.6 Å². The van der Waals surface area contributed by atoms with Gasteiger partial charge >= 0.3 is 0 Å². The number of hydrogen-bond acceptors (Lipinski definition) is 2. The summed E-state index contributed by atoms with van der Waals surface area (Å²) in [4.78, 5) is 12.3. The van der Waals surface area contributed by atoms with E-state index < -0.39 is 0 Å². The Morgan fingerprint density at radius 3 is 2.32 bits per heavy atom. The lowest BCUT2D eigenvalue weighted by atomic mass is 10.1. The van der Waals surface area contributed by atoms with Gasteiger partial charge in [-0.05, 0) is 44.9 Å². The van der Waals surface area contributed by atoms with Crippen molar-refractivity contribution in [3.8, 4) is 0 Å². The quantitative estimate of drug-likeness (QED) is 0.876. The largest absolute Gasteiger partial charge is 0.324 e. The van der Waals surface area contributed by atoms with E-state index in [9.17, 15) is 4.79 Å². The highest BCUT2D eigenvalue weighted by Crippen LogP contribution is 2.17. The minimum atomic E-state index is -0.268. The maximum absolute atomic E-state index is 12.3. The average Bonchev–Trinajstić information content (AvgIpc) is 2.50. The van der Waals surface area contributed by atoms with Gasteiger partial charge in [-0.25, -0.2) is 0 Å². The summed E-state index contributed by atoms with van der Waals surface area (Å²) < 4.78 is 0. The molecule has 3 nitrogen and oxygen atoms in total. The summed E-state index contributed by atoms with van der Waals surface area (Å²) in [6, 6.07) is 16.0. The zero-order valence-corrected chi connectivity index (χ0v) is 13.7. The molecule has 0 fully saturated rings. The van der Waals surface area contributed by atoms with Crippen LogP contribution in [0.5, 0.6) is 0 Å². The van der Waals surface area contributed by atoms with Gasteiger partial charge in [-0.15, -0.1) is 0 Å². The van der Waals surface area contributed by atoms with Gasteiger partial charge in [0.15, 0.2) is 0 Å². The second-order valence-electron chi connectivity index (χ2n) is 5.83. The number of nitrogens with one attached hydrogen (secondary N) is 2. The lowest BCUT2D eigenvalue weighted by Crippen LogP contribution is -2.39. The normalized spacial score (nSPS) is 13.5. The van der Waals surface area contributed by atoms with Crippen molar-refractivity contribution in [1.29, 1.82) is 0 Å². The molecule has 2 aromatic rings. The van der Waals surface area contributed by atoms with E-state index in [4.69, 9.17) is 0 Å². The van der Waals surface area contributed by atoms with Gasteiger partial charge in [0, 0.05) is 11.7 Å². The van der Waals surface area contributed by atoms with Gasteiger partial charge in [0.05, 0.1) is 6.04 Å². The summed E-state index contributed by atoms with van der Waals surface area (Å²) in [5, 5.41) is 6.33. The van der Waals surface area contributed by atoms with Crippen LogP contribution in [0.1, 0.15) is 36.6 Å². The topological polar surface area (TPSA) is 41.1 Å². The van der Waals surface area contributed by atoms with Crippen LogP contribution in [0.15, 0.2) is 48.5 Å². The van der Waals surface area contributed by atoms with E-state index in [-0.39, 0.29) is 18.0 Å². The third-order valence-corrected chi connectivity index (χ3v) is 3.83. The summed E-state index contributed by atoms with van der Waals surface area (Å²) in [5.74, 6) is -0.0188. The van der Waals surface area contributed by atoms with Crippen LogP contribution >= 0.6 is 0 Å². The second kappa shape index (κ2) is 7.23. The van der Waals surface area contributed by atoms with Crippen molar-refractivity contribution in [2.45, 2.75) is 39.8 Å². The molecular weight excluding hydrogens is 272 g/mol. The fourth-order valence-electron chi connectivity index (χ4n) is 2.48. The van der Waals surface area contributed by atoms with Gasteiger partial charge in [0.25, 0.3) is 0 Å². The van der Waals surface area contributed by atoms with Crippen molar-refractivity contribution < 1.29 is 4.79 Å². The summed E-state index contributed by atoms with van der Waals surface area (Å²) in [7, 11) is 0. The number of anilines is 1. The van der Waals surface area contributed by atoms with Crippen LogP contribution < -0.4 is 10.6 Å². The first-order valence-electron chi connectivity index (χ1n) is 7.66. The number of amides is 1. The van der Waals surface area contributed by atoms with Crippen molar-refractivity contribution in [3.05, 3.63) is 65.2 Å². The smallest absolute Gasteiger partial charge is 0.241 e. The predicted molar refractivity (Wildman–Crippen MR) is 92.0 cm³/mol. The van der Waals surface area contributed by atoms with Crippen LogP contribution in [0.4, 0.5) is 5.69 Å². The Balaban J connectivity index is 1.97. The van der Waals surface area contributed by atoms with Crippen LogP contribution in [0.2, 0.25) is 0 Å². The van der Waals surface area contributed by atoms with E-state index in [0.29, 0.717) is 0 Å². The van der Waals surface area contributed by atoms with Gasteiger partial charge in [-0.1, -0.05) is 48.0 Å². The predicted octanol–water partition coefficient (Wildman–Crippen LogP) is 3.98. The maximum Gasteiger partial charge on any atom is 0.241 e. The molecule has 116 valence electrons. The van der Waals surface area contributed by atoms with E-state index in [1.54, 1.807) is 0 Å². The molecule has 0 aliphatic carbocycles. The number of hydrogen-bond donors (Lipinski definition) is 2. The van der Waals surface area contributed by atoms with Crippen molar-refractivity contribution in [2.75, 3.05) is 5.32 Å². The molecule has 0 radical (unpaired) electrons. The molecule has 0 bridgehead atoms. The first-order chi connectivity index (χ1) is 10.5. The summed E-state index contributed by atoms with van der Waals surface area (Å²) >= 11 is 0. The molecule has 2 aromatic carbocycles. The zero-order valence-electron chi connectivity index (χ0n) is 13.7. The van der Waals surface area contributed by atoms with E-state index >= 15 is 0 Å². The Morgan fingerprint density at radius 1 is 1.00 bits per heavy atom. The van der Waals surface area contributed by atoms with E-state index in [1.807, 2.05) is 51.1 Å². The first-order valence-corrected chi connectivity index (χ1v) is 7.66. The lowest BCUT2D eigenvalue weighted by molar-refractivity contribution is -0.117. The molecule has 2 N–H and O–H groups in total. The highest BCUT2D eigenvalue weighted by atomic mass is 16.2. The van der Waals surface area contributed by atoms with Crippen LogP contribution in [0.3, 0.4) is 0 Å². The zero-order chi connectivity index (χ0) is 16.1. The van der Waals surface area contributed by atoms with Crippen molar-refractivity contribution in [2.24, 2.45) is 0 Å². The SMILES string of the molecule is Cc1ccc(NC(=O)[C@@H](C)N[C@H](C)c2ccccc2)c(C)c1. The Hall–Kier alpha value is -2.13. The minimum Gasteiger partial charge on any atom is -0.324 e. The third kappa shape index (κ3) is 4.18. The number of rotatable bonds is 5. The Kier molecular flexibility index (Phi) is 5.34. The van der Waals surface area contributed by atoms with Gasteiger partial charge in [-0.2, -0.15) is 0 Å². The van der Waals surface area contributed by atoms with Crippen LogP contribution in [-0.2, 0) is 4.79 Å². The molecule has 0 saturated carbocycles. The molecule has 0 spiro atoms. The van der Waals surface area contributed by atoms with Crippen molar-refractivity contribution in [3.63, 3.8) is 0 Å². The van der Waals surface area contributed by atoms with Gasteiger partial charge in [0.1, 0.15) is 0 Å². The molecule has 1 amide bonds. The maximum atomic E-state index is 12.3. The molecule has 0 aliphatic rings. The van der Waals surface area contributed by atoms with E-state index in [0.717, 1.165) is 11.3 Å². The molecule has 0 saturated heterocycles. The molecule has 22 heavy (non-hydrogen) atoms. The molecular formula is C19H24N2O. The van der Waals surface area contributed by atoms with Crippen molar-refractivity contribution in [1.82, 2.24) is 5.32 Å². The third-order valence-electron chi connectivity index (χ3n) is 3.83. The summed E-state index contributed by atoms with van der Waals surface area (Å²) in [6.45, 7) is 8.01. The standard InChI is InChI=1S/C19H24N2O/c1-13-10-11-18(14(2)12-13)21-19(22)16(4)20-15(3)17-8-6-5-7-9-17/h5-12,15-16,20H,1-4H3,(H,21,22)/t15-,16-/m1/s1. The molecule has 0 aromatic heterocycles. The number of benzene rings is 2. The lowest BCUT2D eigenvalue weighted by Gasteiger charge is -2.20. The fraction of sp³-hybridized carbons (Fsp3) is 0.316. The minimum absolute atomic E-state index is 0.0188. The summed E-state index contributed by atoms with van der Waals surface area (Å²) in [6.07, 6.45) is 0. The number of carbonyl (C=O) groups is 1. The molecule has 3 heteroatoms. The Morgan fingerprint density at radius 2 is 1.68 bits per heavy atom. The van der Waals surface area contributed by atoms with Crippen LogP contribution in [0.25, 0.3) is 0 Å². The molecule has 2 atom stereocenters. The number of carbonyl (C=O) groups excluding carboxylic acids is 1. The van der Waals surface area contributed by atoms with Gasteiger partial charge < -0.3 is 5.32 Å². The van der Waals surface area contributed by atoms with E-state index in [1.165, 1.54) is 11.1 Å². The fourth-order valence-corrected chi connectivity index (χ4v) is 2.48. The molecule has 0 aliphatic heterocycles.